The summed E-state index contributed by atoms with van der Waals surface area (Å²) in [6.45, 7) is 0.174. The molecular formula is C8H14O5. The van der Waals surface area contributed by atoms with Crippen molar-refractivity contribution in [2.75, 3.05) is 27.9 Å². The van der Waals surface area contributed by atoms with E-state index in [-0.39, 0.29) is 19.0 Å². The summed E-state index contributed by atoms with van der Waals surface area (Å²) in [5.41, 5.74) is 0. The van der Waals surface area contributed by atoms with Gasteiger partial charge in [0.1, 0.15) is 12.7 Å². The summed E-state index contributed by atoms with van der Waals surface area (Å²) < 4.78 is 20.2. The highest BCUT2D eigenvalue weighted by molar-refractivity contribution is 5.73. The topological polar surface area (TPSA) is 54.0 Å². The van der Waals surface area contributed by atoms with E-state index in [0.717, 1.165) is 0 Å². The van der Waals surface area contributed by atoms with Crippen LogP contribution in [0, 0.1) is 0 Å². The zero-order chi connectivity index (χ0) is 9.90. The Morgan fingerprint density at radius 1 is 1.54 bits per heavy atom. The molecule has 1 heterocycles. The number of ether oxygens (including phenoxy) is 4. The van der Waals surface area contributed by atoms with Crippen LogP contribution in [-0.2, 0) is 23.7 Å². The van der Waals surface area contributed by atoms with E-state index in [4.69, 9.17) is 18.9 Å². The van der Waals surface area contributed by atoms with Crippen molar-refractivity contribution in [3.05, 3.63) is 0 Å². The minimum atomic E-state index is -1.07. The number of methoxy groups -OCH3 is 3. The van der Waals surface area contributed by atoms with Gasteiger partial charge in [-0.2, -0.15) is 0 Å². The molecule has 0 radical (unpaired) electrons. The highest BCUT2D eigenvalue weighted by atomic mass is 16.8. The lowest BCUT2D eigenvalue weighted by Gasteiger charge is -2.29. The second-order valence-electron chi connectivity index (χ2n) is 2.85. The molecule has 2 atom stereocenters. The zero-order valence-corrected chi connectivity index (χ0v) is 8.03. The molecule has 2 unspecified atom stereocenters. The number of carbonyl (C=O) groups is 1. The fraction of sp³-hybridized carbons (Fsp3) is 0.875. The summed E-state index contributed by atoms with van der Waals surface area (Å²) in [6, 6.07) is 0. The predicted octanol–water partition coefficient (Wildman–Crippen LogP) is -0.0626. The second kappa shape index (κ2) is 4.04. The highest BCUT2D eigenvalue weighted by Crippen LogP contribution is 2.30. The summed E-state index contributed by atoms with van der Waals surface area (Å²) in [5, 5.41) is 0. The van der Waals surface area contributed by atoms with Crippen LogP contribution in [0.1, 0.15) is 6.42 Å². The van der Waals surface area contributed by atoms with E-state index in [1.54, 1.807) is 0 Å². The third-order valence-corrected chi connectivity index (χ3v) is 2.10. The molecule has 0 aromatic rings. The van der Waals surface area contributed by atoms with Crippen molar-refractivity contribution in [2.24, 2.45) is 0 Å². The molecule has 1 aliphatic heterocycles. The van der Waals surface area contributed by atoms with Crippen LogP contribution < -0.4 is 0 Å². The van der Waals surface area contributed by atoms with Crippen molar-refractivity contribution in [3.63, 3.8) is 0 Å². The van der Waals surface area contributed by atoms with Crippen molar-refractivity contribution in [1.82, 2.24) is 0 Å². The molecular weight excluding hydrogens is 176 g/mol. The minimum Gasteiger partial charge on any atom is -0.427 e. The Morgan fingerprint density at radius 3 is 2.69 bits per heavy atom. The van der Waals surface area contributed by atoms with Crippen LogP contribution in [-0.4, -0.2) is 45.8 Å². The van der Waals surface area contributed by atoms with E-state index in [9.17, 15) is 4.79 Å². The van der Waals surface area contributed by atoms with Crippen LogP contribution in [0.2, 0.25) is 0 Å². The molecule has 1 rings (SSSR count). The molecule has 0 N–H and O–H groups in total. The number of esters is 1. The average molecular weight is 190 g/mol. The van der Waals surface area contributed by atoms with Crippen LogP contribution in [0.25, 0.3) is 0 Å². The van der Waals surface area contributed by atoms with Gasteiger partial charge in [-0.3, -0.25) is 4.79 Å². The highest BCUT2D eigenvalue weighted by Gasteiger charge is 2.50. The molecule has 13 heavy (non-hydrogen) atoms. The molecule has 0 aliphatic carbocycles. The van der Waals surface area contributed by atoms with Crippen LogP contribution in [0.15, 0.2) is 0 Å². The second-order valence-corrected chi connectivity index (χ2v) is 2.85. The Balaban J connectivity index is 2.76. The summed E-state index contributed by atoms with van der Waals surface area (Å²) >= 11 is 0. The van der Waals surface area contributed by atoms with E-state index in [2.05, 4.69) is 0 Å². The largest absolute Gasteiger partial charge is 0.427 e. The molecule has 1 aliphatic rings. The van der Waals surface area contributed by atoms with Crippen molar-refractivity contribution in [1.29, 1.82) is 0 Å². The van der Waals surface area contributed by atoms with Crippen LogP contribution in [0.5, 0.6) is 0 Å². The third kappa shape index (κ3) is 1.82. The normalized spacial score (nSPS) is 33.5. The average Bonchev–Trinajstić information content (AvgIpc) is 2.43. The molecule has 0 aromatic heterocycles. The van der Waals surface area contributed by atoms with E-state index in [1.807, 2.05) is 0 Å². The molecule has 0 bridgehead atoms. The van der Waals surface area contributed by atoms with Crippen molar-refractivity contribution >= 4 is 5.97 Å². The Hall–Kier alpha value is -0.650. The Morgan fingerprint density at radius 2 is 2.23 bits per heavy atom. The predicted molar refractivity (Wildman–Crippen MR) is 43.1 cm³/mol. The Bertz CT molecular complexity index is 193. The summed E-state index contributed by atoms with van der Waals surface area (Å²) in [5.74, 6) is -1.40. The van der Waals surface area contributed by atoms with Gasteiger partial charge in [-0.25, -0.2) is 0 Å². The standard InChI is InChI=1S/C8H14O5/c1-10-5-8(12-3)6(11-2)4-7(9)13-8/h6H,4-5H2,1-3H3. The molecule has 0 aromatic carbocycles. The summed E-state index contributed by atoms with van der Waals surface area (Å²) in [7, 11) is 4.49. The molecule has 1 saturated heterocycles. The van der Waals surface area contributed by atoms with Gasteiger partial charge < -0.3 is 18.9 Å². The molecule has 0 spiro atoms. The fourth-order valence-corrected chi connectivity index (χ4v) is 1.43. The van der Waals surface area contributed by atoms with Gasteiger partial charge in [0.25, 0.3) is 5.79 Å². The van der Waals surface area contributed by atoms with E-state index < -0.39 is 11.9 Å². The van der Waals surface area contributed by atoms with Crippen molar-refractivity contribution in [2.45, 2.75) is 18.3 Å². The lowest BCUT2D eigenvalue weighted by Crippen LogP contribution is -2.46. The first-order valence-electron chi connectivity index (χ1n) is 3.97. The Kier molecular flexibility index (Phi) is 3.24. The molecule has 1 fully saturated rings. The monoisotopic (exact) mass is 190 g/mol. The smallest absolute Gasteiger partial charge is 0.311 e. The maximum Gasteiger partial charge on any atom is 0.311 e. The lowest BCUT2D eigenvalue weighted by molar-refractivity contribution is -0.252. The summed E-state index contributed by atoms with van der Waals surface area (Å²) in [6.07, 6.45) is -0.196. The number of carbonyl (C=O) groups excluding carboxylic acids is 1. The van der Waals surface area contributed by atoms with E-state index in [1.165, 1.54) is 21.3 Å². The first-order chi connectivity index (χ1) is 6.18. The van der Waals surface area contributed by atoms with Crippen LogP contribution in [0.4, 0.5) is 0 Å². The van der Waals surface area contributed by atoms with Crippen molar-refractivity contribution in [3.8, 4) is 0 Å². The van der Waals surface area contributed by atoms with Gasteiger partial charge in [-0.15, -0.1) is 0 Å². The Labute approximate surface area is 76.9 Å². The van der Waals surface area contributed by atoms with Crippen LogP contribution >= 0.6 is 0 Å². The van der Waals surface area contributed by atoms with E-state index >= 15 is 0 Å². The van der Waals surface area contributed by atoms with Crippen molar-refractivity contribution < 1.29 is 23.7 Å². The maximum atomic E-state index is 11.0. The van der Waals surface area contributed by atoms with Gasteiger partial charge in [0.15, 0.2) is 0 Å². The van der Waals surface area contributed by atoms with Gasteiger partial charge >= 0.3 is 5.97 Å². The molecule has 76 valence electrons. The minimum absolute atomic E-state index is 0.174. The molecule has 5 nitrogen and oxygen atoms in total. The SMILES string of the molecule is COCC1(OC)OC(=O)CC1OC. The first-order valence-corrected chi connectivity index (χ1v) is 3.97. The zero-order valence-electron chi connectivity index (χ0n) is 8.03. The molecule has 0 amide bonds. The van der Waals surface area contributed by atoms with Gasteiger partial charge in [-0.1, -0.05) is 0 Å². The molecule has 0 saturated carbocycles. The number of hydrogen-bond acceptors (Lipinski definition) is 5. The van der Waals surface area contributed by atoms with Crippen LogP contribution in [0.3, 0.4) is 0 Å². The number of rotatable bonds is 4. The van der Waals surface area contributed by atoms with Gasteiger partial charge in [0.2, 0.25) is 0 Å². The van der Waals surface area contributed by atoms with Gasteiger partial charge in [0.05, 0.1) is 6.42 Å². The lowest BCUT2D eigenvalue weighted by atomic mass is 10.1. The number of hydrogen-bond donors (Lipinski definition) is 0. The first kappa shape index (κ1) is 10.4. The summed E-state index contributed by atoms with van der Waals surface area (Å²) in [4.78, 5) is 11.0. The molecule has 5 heteroatoms. The van der Waals surface area contributed by atoms with Gasteiger partial charge in [0, 0.05) is 21.3 Å². The fourth-order valence-electron chi connectivity index (χ4n) is 1.43. The van der Waals surface area contributed by atoms with E-state index in [0.29, 0.717) is 0 Å². The van der Waals surface area contributed by atoms with Gasteiger partial charge in [-0.05, 0) is 0 Å². The third-order valence-electron chi connectivity index (χ3n) is 2.10. The quantitative estimate of drug-likeness (QED) is 0.581. The maximum absolute atomic E-state index is 11.0. The number of cyclic esters (lactones) is 1.